The number of furan rings is 1. The summed E-state index contributed by atoms with van der Waals surface area (Å²) in [6.45, 7) is 8.94. The average Bonchev–Trinajstić information content (AvgIpc) is 3.13. The van der Waals surface area contributed by atoms with Gasteiger partial charge in [-0.3, -0.25) is 19.4 Å². The van der Waals surface area contributed by atoms with Gasteiger partial charge in [0.1, 0.15) is 11.5 Å². The van der Waals surface area contributed by atoms with Crippen molar-refractivity contribution in [2.75, 3.05) is 31.5 Å². The molecule has 33 heavy (non-hydrogen) atoms. The van der Waals surface area contributed by atoms with E-state index in [2.05, 4.69) is 29.0 Å². The van der Waals surface area contributed by atoms with Crippen molar-refractivity contribution in [2.45, 2.75) is 26.4 Å². The van der Waals surface area contributed by atoms with Gasteiger partial charge in [-0.2, -0.15) is 0 Å². The van der Waals surface area contributed by atoms with Crippen molar-refractivity contribution in [3.63, 3.8) is 0 Å². The van der Waals surface area contributed by atoms with Crippen LogP contribution in [0.3, 0.4) is 0 Å². The van der Waals surface area contributed by atoms with E-state index in [1.165, 1.54) is 0 Å². The number of nitrogens with zero attached hydrogens (tertiary/aromatic N) is 2. The number of fused-ring (bicyclic) bond motifs is 1. The topological polar surface area (TPSA) is 91.8 Å². The predicted molar refractivity (Wildman–Crippen MR) is 121 cm³/mol. The van der Waals surface area contributed by atoms with Crippen molar-refractivity contribution in [3.05, 3.63) is 64.9 Å². The third-order valence-corrected chi connectivity index (χ3v) is 5.90. The standard InChI is InChI=1S/C24H26F2N4O3/c1-14(2)30-8-6-29(7-9-30)13-15-4-3-5-16(10-15)24(32)28-20-18-11-17(25)12-19(26)21(18)33-22(20)23(27)31/h3-5,10-12,14H,6-9,13H2,1-2H3,(H2,27,31)(H,28,32). The highest BCUT2D eigenvalue weighted by Gasteiger charge is 2.24. The van der Waals surface area contributed by atoms with E-state index in [9.17, 15) is 18.4 Å². The summed E-state index contributed by atoms with van der Waals surface area (Å²) in [7, 11) is 0. The molecule has 4 rings (SSSR count). The smallest absolute Gasteiger partial charge is 0.286 e. The molecule has 0 aliphatic carbocycles. The van der Waals surface area contributed by atoms with Crippen molar-refractivity contribution >= 4 is 28.5 Å². The van der Waals surface area contributed by atoms with Crippen molar-refractivity contribution in [3.8, 4) is 0 Å². The van der Waals surface area contributed by atoms with Crippen molar-refractivity contribution in [1.29, 1.82) is 0 Å². The lowest BCUT2D eigenvalue weighted by atomic mass is 10.1. The molecule has 2 heterocycles. The summed E-state index contributed by atoms with van der Waals surface area (Å²) >= 11 is 0. The van der Waals surface area contributed by atoms with Crippen molar-refractivity contribution in [1.82, 2.24) is 9.80 Å². The molecule has 3 aromatic rings. The summed E-state index contributed by atoms with van der Waals surface area (Å²) in [5.41, 5.74) is 6.13. The third kappa shape index (κ3) is 4.89. The molecule has 0 saturated carbocycles. The summed E-state index contributed by atoms with van der Waals surface area (Å²) in [6.07, 6.45) is 0. The van der Waals surface area contributed by atoms with E-state index < -0.39 is 29.2 Å². The Morgan fingerprint density at radius 1 is 1.12 bits per heavy atom. The number of carbonyl (C=O) groups excluding carboxylic acids is 2. The first-order chi connectivity index (χ1) is 15.7. The van der Waals surface area contributed by atoms with Gasteiger partial charge in [-0.1, -0.05) is 12.1 Å². The molecule has 0 radical (unpaired) electrons. The Kier molecular flexibility index (Phi) is 6.44. The van der Waals surface area contributed by atoms with E-state index in [1.54, 1.807) is 18.2 Å². The number of nitrogens with two attached hydrogens (primary N) is 1. The Hall–Kier alpha value is -3.30. The van der Waals surface area contributed by atoms with Crippen LogP contribution in [0.5, 0.6) is 0 Å². The van der Waals surface area contributed by atoms with E-state index in [0.29, 0.717) is 24.2 Å². The van der Waals surface area contributed by atoms with E-state index in [0.717, 1.165) is 37.8 Å². The zero-order chi connectivity index (χ0) is 23.7. The number of anilines is 1. The molecular formula is C24H26F2N4O3. The SMILES string of the molecule is CC(C)N1CCN(Cc2cccc(C(=O)Nc3c(C(N)=O)oc4c(F)cc(F)cc34)c2)CC1. The molecule has 2 amide bonds. The lowest BCUT2D eigenvalue weighted by Gasteiger charge is -2.37. The van der Waals surface area contributed by atoms with Gasteiger partial charge in [0.25, 0.3) is 11.8 Å². The number of hydrogen-bond acceptors (Lipinski definition) is 5. The summed E-state index contributed by atoms with van der Waals surface area (Å²) < 4.78 is 33.1. The molecule has 1 aliphatic rings. The molecule has 1 aromatic heterocycles. The Morgan fingerprint density at radius 3 is 2.52 bits per heavy atom. The number of hydrogen-bond donors (Lipinski definition) is 2. The van der Waals surface area contributed by atoms with Gasteiger partial charge < -0.3 is 15.5 Å². The molecule has 0 atom stereocenters. The molecule has 9 heteroatoms. The summed E-state index contributed by atoms with van der Waals surface area (Å²) in [5, 5.41) is 2.47. The van der Waals surface area contributed by atoms with Crippen molar-refractivity contribution in [2.24, 2.45) is 5.73 Å². The van der Waals surface area contributed by atoms with E-state index in [-0.39, 0.29) is 16.7 Å². The van der Waals surface area contributed by atoms with Gasteiger partial charge in [-0.15, -0.1) is 0 Å². The number of carbonyl (C=O) groups is 2. The number of piperazine rings is 1. The zero-order valence-corrected chi connectivity index (χ0v) is 18.5. The first-order valence-electron chi connectivity index (χ1n) is 10.8. The molecule has 1 aliphatic heterocycles. The van der Waals surface area contributed by atoms with Gasteiger partial charge in [0.05, 0.1) is 5.39 Å². The van der Waals surface area contributed by atoms with Crippen LogP contribution in [-0.4, -0.2) is 53.8 Å². The van der Waals surface area contributed by atoms with Crippen LogP contribution in [0, 0.1) is 11.6 Å². The molecule has 0 unspecified atom stereocenters. The largest absolute Gasteiger partial charge is 0.446 e. The number of amides is 2. The number of rotatable bonds is 6. The fraction of sp³-hybridized carbons (Fsp3) is 0.333. The van der Waals surface area contributed by atoms with Crippen LogP contribution < -0.4 is 11.1 Å². The average molecular weight is 456 g/mol. The molecule has 0 bridgehead atoms. The quantitative estimate of drug-likeness (QED) is 0.592. The monoisotopic (exact) mass is 456 g/mol. The third-order valence-electron chi connectivity index (χ3n) is 5.90. The second-order valence-corrected chi connectivity index (χ2v) is 8.50. The van der Waals surface area contributed by atoms with Crippen LogP contribution in [0.15, 0.2) is 40.8 Å². The maximum absolute atomic E-state index is 14.1. The molecule has 7 nitrogen and oxygen atoms in total. The number of primary amides is 1. The first-order valence-corrected chi connectivity index (χ1v) is 10.8. The maximum Gasteiger partial charge on any atom is 0.286 e. The lowest BCUT2D eigenvalue weighted by Crippen LogP contribution is -2.48. The zero-order valence-electron chi connectivity index (χ0n) is 18.5. The van der Waals surface area contributed by atoms with Gasteiger partial charge in [0, 0.05) is 50.4 Å². The minimum atomic E-state index is -1.00. The van der Waals surface area contributed by atoms with Crippen LogP contribution in [0.2, 0.25) is 0 Å². The Balaban J connectivity index is 1.54. The van der Waals surface area contributed by atoms with Crippen LogP contribution in [-0.2, 0) is 6.54 Å². The minimum absolute atomic E-state index is 0.0752. The number of benzene rings is 2. The summed E-state index contributed by atoms with van der Waals surface area (Å²) in [4.78, 5) is 29.5. The molecule has 2 aromatic carbocycles. The Morgan fingerprint density at radius 2 is 1.85 bits per heavy atom. The molecule has 3 N–H and O–H groups in total. The number of nitrogens with one attached hydrogen (secondary N) is 1. The maximum atomic E-state index is 14.1. The van der Waals surface area contributed by atoms with Crippen LogP contribution >= 0.6 is 0 Å². The summed E-state index contributed by atoms with van der Waals surface area (Å²) in [6, 6.07) is 9.24. The van der Waals surface area contributed by atoms with Crippen LogP contribution in [0.1, 0.15) is 40.3 Å². The first kappa shape index (κ1) is 22.9. The Bertz CT molecular complexity index is 1200. The fourth-order valence-corrected chi connectivity index (χ4v) is 4.12. The normalized spacial score (nSPS) is 15.3. The second kappa shape index (κ2) is 9.29. The predicted octanol–water partition coefficient (Wildman–Crippen LogP) is 3.59. The highest BCUT2D eigenvalue weighted by Crippen LogP contribution is 2.33. The lowest BCUT2D eigenvalue weighted by molar-refractivity contribution is 0.0977. The second-order valence-electron chi connectivity index (χ2n) is 8.50. The van der Waals surface area contributed by atoms with Crippen LogP contribution in [0.25, 0.3) is 11.0 Å². The van der Waals surface area contributed by atoms with Gasteiger partial charge in [0.2, 0.25) is 5.76 Å². The molecule has 0 spiro atoms. The van der Waals surface area contributed by atoms with Gasteiger partial charge in [-0.25, -0.2) is 8.78 Å². The molecule has 1 saturated heterocycles. The van der Waals surface area contributed by atoms with Gasteiger partial charge in [0.15, 0.2) is 11.4 Å². The highest BCUT2D eigenvalue weighted by atomic mass is 19.1. The molecule has 1 fully saturated rings. The fourth-order valence-electron chi connectivity index (χ4n) is 4.12. The van der Waals surface area contributed by atoms with Gasteiger partial charge in [-0.05, 0) is 37.6 Å². The van der Waals surface area contributed by atoms with E-state index in [1.807, 2.05) is 6.07 Å². The number of halogens is 2. The van der Waals surface area contributed by atoms with E-state index in [4.69, 9.17) is 10.2 Å². The highest BCUT2D eigenvalue weighted by molar-refractivity contribution is 6.14. The van der Waals surface area contributed by atoms with Crippen molar-refractivity contribution < 1.29 is 22.8 Å². The molecule has 174 valence electrons. The van der Waals surface area contributed by atoms with Crippen LogP contribution in [0.4, 0.5) is 14.5 Å². The van der Waals surface area contributed by atoms with E-state index >= 15 is 0 Å². The Labute approximate surface area is 190 Å². The summed E-state index contributed by atoms with van der Waals surface area (Å²) in [5.74, 6) is -3.85. The van der Waals surface area contributed by atoms with Gasteiger partial charge >= 0.3 is 0 Å². The minimum Gasteiger partial charge on any atom is -0.446 e. The molecular weight excluding hydrogens is 430 g/mol.